The molecule has 1 amide bonds. The number of ether oxygens (including phenoxy) is 1. The van der Waals surface area contributed by atoms with Gasteiger partial charge >= 0.3 is 0 Å². The number of benzene rings is 3. The van der Waals surface area contributed by atoms with Gasteiger partial charge in [0, 0.05) is 23.4 Å². The Bertz CT molecular complexity index is 1360. The summed E-state index contributed by atoms with van der Waals surface area (Å²) in [5.74, 6) is 1.01. The van der Waals surface area contributed by atoms with Gasteiger partial charge in [-0.1, -0.05) is 35.5 Å². The maximum Gasteiger partial charge on any atom is 0.269 e. The van der Waals surface area contributed by atoms with E-state index in [1.165, 1.54) is 23.9 Å². The third kappa shape index (κ3) is 2.75. The number of carbonyl (C=O) groups excluding carboxylic acids is 1. The average Bonchev–Trinajstić information content (AvgIpc) is 3.50. The van der Waals surface area contributed by atoms with Crippen molar-refractivity contribution in [1.29, 1.82) is 0 Å². The van der Waals surface area contributed by atoms with Gasteiger partial charge in [-0.15, -0.1) is 11.8 Å². The van der Waals surface area contributed by atoms with Crippen molar-refractivity contribution in [2.75, 3.05) is 17.3 Å². The summed E-state index contributed by atoms with van der Waals surface area (Å²) in [7, 11) is 1.58. The molecule has 1 saturated heterocycles. The number of rotatable bonds is 4. The molecule has 0 aromatic heterocycles. The molecule has 1 spiro atoms. The summed E-state index contributed by atoms with van der Waals surface area (Å²) < 4.78 is 5.64. The van der Waals surface area contributed by atoms with Gasteiger partial charge in [-0.25, -0.2) is 0 Å². The third-order valence-corrected chi connectivity index (χ3v) is 7.88. The van der Waals surface area contributed by atoms with Crippen LogP contribution in [0.2, 0.25) is 0 Å². The fraction of sp³-hybridized carbons (Fsp3) is 0.167. The number of methoxy groups -OCH3 is 1. The number of hydrogen-bond acceptors (Lipinski definition) is 8. The van der Waals surface area contributed by atoms with E-state index in [-0.39, 0.29) is 16.8 Å². The van der Waals surface area contributed by atoms with E-state index in [9.17, 15) is 14.9 Å². The van der Waals surface area contributed by atoms with E-state index in [4.69, 9.17) is 9.57 Å². The van der Waals surface area contributed by atoms with Crippen molar-refractivity contribution in [3.05, 3.63) is 94.0 Å². The van der Waals surface area contributed by atoms with E-state index < -0.39 is 15.9 Å². The zero-order chi connectivity index (χ0) is 23.4. The zero-order valence-electron chi connectivity index (χ0n) is 17.9. The van der Waals surface area contributed by atoms with Crippen molar-refractivity contribution < 1.29 is 19.3 Å². The zero-order valence-corrected chi connectivity index (χ0v) is 18.7. The van der Waals surface area contributed by atoms with Crippen LogP contribution in [0.4, 0.5) is 17.1 Å². The Kier molecular flexibility index (Phi) is 4.53. The van der Waals surface area contributed by atoms with Crippen LogP contribution in [-0.4, -0.2) is 29.0 Å². The first kappa shape index (κ1) is 20.5. The first-order valence-corrected chi connectivity index (χ1v) is 11.4. The number of carbonyl (C=O) groups is 1. The predicted molar refractivity (Wildman–Crippen MR) is 128 cm³/mol. The summed E-state index contributed by atoms with van der Waals surface area (Å²) in [4.78, 5) is 30.9. The number of nitrogens with zero attached hydrogens (tertiary/aromatic N) is 3. The smallest absolute Gasteiger partial charge is 0.269 e. The fourth-order valence-corrected chi connectivity index (χ4v) is 6.43. The van der Waals surface area contributed by atoms with Gasteiger partial charge in [-0.3, -0.25) is 19.8 Å². The van der Waals surface area contributed by atoms with Gasteiger partial charge in [0.1, 0.15) is 11.0 Å². The number of oxime groups is 1. The molecule has 3 aliphatic rings. The Labute approximate surface area is 198 Å². The number of fused-ring (bicyclic) bond motifs is 3. The van der Waals surface area contributed by atoms with Crippen LogP contribution < -0.4 is 15.0 Å². The number of nitro groups is 1. The third-order valence-electron chi connectivity index (χ3n) is 6.24. The van der Waals surface area contributed by atoms with Crippen molar-refractivity contribution in [2.24, 2.45) is 5.16 Å². The predicted octanol–water partition coefficient (Wildman–Crippen LogP) is 4.42. The quantitative estimate of drug-likeness (QED) is 0.441. The summed E-state index contributed by atoms with van der Waals surface area (Å²) in [6.07, 6.45) is -0.516. The van der Waals surface area contributed by atoms with Crippen molar-refractivity contribution in [1.82, 2.24) is 0 Å². The molecular formula is C24H18N4O5S. The van der Waals surface area contributed by atoms with Gasteiger partial charge < -0.3 is 14.9 Å². The molecule has 0 saturated carbocycles. The summed E-state index contributed by atoms with van der Waals surface area (Å²) >= 11 is 1.45. The summed E-state index contributed by atoms with van der Waals surface area (Å²) in [5.41, 5.74) is 3.01. The number of para-hydroxylation sites is 3. The molecular weight excluding hydrogens is 456 g/mol. The lowest BCUT2D eigenvalue weighted by molar-refractivity contribution is -0.384. The van der Waals surface area contributed by atoms with E-state index in [1.807, 2.05) is 53.4 Å². The van der Waals surface area contributed by atoms with Crippen LogP contribution in [0.25, 0.3) is 0 Å². The van der Waals surface area contributed by atoms with E-state index in [2.05, 4.69) is 10.5 Å². The minimum Gasteiger partial charge on any atom is -0.495 e. The molecule has 9 nitrogen and oxygen atoms in total. The van der Waals surface area contributed by atoms with E-state index in [0.717, 1.165) is 16.8 Å². The Morgan fingerprint density at radius 2 is 1.85 bits per heavy atom. The number of nitrogens with one attached hydrogen (secondary N) is 1. The molecule has 170 valence electrons. The molecule has 3 aromatic carbocycles. The maximum atomic E-state index is 13.6. The maximum absolute atomic E-state index is 13.6. The Hall–Kier alpha value is -4.05. The van der Waals surface area contributed by atoms with E-state index in [0.29, 0.717) is 17.3 Å². The highest BCUT2D eigenvalue weighted by Gasteiger charge is 2.64. The second-order valence-corrected chi connectivity index (χ2v) is 9.35. The Morgan fingerprint density at radius 3 is 2.62 bits per heavy atom. The van der Waals surface area contributed by atoms with Gasteiger partial charge in [-0.2, -0.15) is 0 Å². The lowest BCUT2D eigenvalue weighted by atomic mass is 10.0. The van der Waals surface area contributed by atoms with Gasteiger partial charge in [0.05, 0.1) is 17.7 Å². The molecule has 0 aliphatic carbocycles. The number of hydrogen-bond donors (Lipinski definition) is 1. The molecule has 3 unspecified atom stereocenters. The molecule has 6 rings (SSSR count). The molecule has 3 aromatic rings. The first-order chi connectivity index (χ1) is 16.5. The van der Waals surface area contributed by atoms with E-state index >= 15 is 0 Å². The first-order valence-electron chi connectivity index (χ1n) is 10.5. The number of non-ortho nitro benzene ring substituents is 1. The second kappa shape index (κ2) is 7.49. The topological polar surface area (TPSA) is 106 Å². The lowest BCUT2D eigenvalue weighted by Gasteiger charge is -2.34. The number of anilines is 2. The molecule has 3 heterocycles. The van der Waals surface area contributed by atoms with Crippen LogP contribution in [0.3, 0.4) is 0 Å². The van der Waals surface area contributed by atoms with Crippen LogP contribution in [0.1, 0.15) is 17.2 Å². The minimum absolute atomic E-state index is 0.00168. The second-order valence-electron chi connectivity index (χ2n) is 8.01. The Balaban J connectivity index is 1.50. The number of nitro benzene ring substituents is 1. The molecule has 0 bridgehead atoms. The SMILES string of the molecule is COc1ccccc1N1C2=NOC(c3ccc([N+](=O)[O-])cc3)C2SC12C(=O)Nc1ccccc12. The highest BCUT2D eigenvalue weighted by atomic mass is 32.2. The summed E-state index contributed by atoms with van der Waals surface area (Å²) in [6.45, 7) is 0. The number of amidine groups is 1. The normalized spacial score (nSPS) is 24.3. The van der Waals surface area contributed by atoms with Gasteiger partial charge in [0.25, 0.3) is 11.6 Å². The average molecular weight is 474 g/mol. The van der Waals surface area contributed by atoms with Crippen LogP contribution in [0.5, 0.6) is 5.75 Å². The largest absolute Gasteiger partial charge is 0.495 e. The Morgan fingerprint density at radius 1 is 1.12 bits per heavy atom. The van der Waals surface area contributed by atoms with Crippen LogP contribution in [0.15, 0.2) is 78.0 Å². The standard InChI is InChI=1S/C24H18N4O5S/c1-32-19-9-5-4-8-18(19)27-22-21(20(33-26-22)14-10-12-15(13-11-14)28(30)31)34-24(27)16-6-2-3-7-17(16)25-23(24)29/h2-13,20-21H,1H3,(H,25,29). The van der Waals surface area contributed by atoms with Crippen molar-refractivity contribution in [2.45, 2.75) is 16.2 Å². The lowest BCUT2D eigenvalue weighted by Crippen LogP contribution is -2.47. The molecule has 1 N–H and O–H groups in total. The molecule has 0 radical (unpaired) electrons. The van der Waals surface area contributed by atoms with Gasteiger partial charge in [-0.05, 0) is 35.9 Å². The molecule has 3 aliphatic heterocycles. The monoisotopic (exact) mass is 474 g/mol. The van der Waals surface area contributed by atoms with Crippen molar-refractivity contribution in [3.63, 3.8) is 0 Å². The van der Waals surface area contributed by atoms with Gasteiger partial charge in [0.2, 0.25) is 4.87 Å². The highest BCUT2D eigenvalue weighted by molar-refractivity contribution is 8.03. The molecule has 10 heteroatoms. The molecule has 1 fully saturated rings. The fourth-order valence-electron chi connectivity index (χ4n) is 4.72. The van der Waals surface area contributed by atoms with Crippen LogP contribution in [0, 0.1) is 10.1 Å². The van der Waals surface area contributed by atoms with Crippen LogP contribution in [-0.2, 0) is 14.5 Å². The molecule has 34 heavy (non-hydrogen) atoms. The molecule has 3 atom stereocenters. The van der Waals surface area contributed by atoms with Crippen molar-refractivity contribution in [3.8, 4) is 5.75 Å². The number of thioether (sulfide) groups is 1. The summed E-state index contributed by atoms with van der Waals surface area (Å²) in [6, 6.07) is 21.3. The highest BCUT2D eigenvalue weighted by Crippen LogP contribution is 2.61. The van der Waals surface area contributed by atoms with Crippen LogP contribution >= 0.6 is 11.8 Å². The summed E-state index contributed by atoms with van der Waals surface area (Å²) in [5, 5.41) is 18.2. The number of amides is 1. The van der Waals surface area contributed by atoms with Gasteiger partial charge in [0.15, 0.2) is 11.9 Å². The van der Waals surface area contributed by atoms with E-state index in [1.54, 1.807) is 19.2 Å². The van der Waals surface area contributed by atoms with Crippen molar-refractivity contribution >= 4 is 40.6 Å². The minimum atomic E-state index is -1.11.